The zero-order valence-electron chi connectivity index (χ0n) is 29.4. The molecule has 1 unspecified atom stereocenters. The first-order valence-corrected chi connectivity index (χ1v) is 19.5. The molecule has 276 valence electrons. The van der Waals surface area contributed by atoms with Crippen LogP contribution in [0.5, 0.6) is 0 Å². The molecule has 3 heterocycles. The van der Waals surface area contributed by atoms with Crippen LogP contribution >= 0.6 is 0 Å². The number of fused-ring (bicyclic) bond motifs is 3. The lowest BCUT2D eigenvalue weighted by Crippen LogP contribution is -2.60. The maximum atomic E-state index is 14.4. The van der Waals surface area contributed by atoms with Gasteiger partial charge in [0, 0.05) is 19.5 Å². The number of aryl methyl sites for hydroxylation is 1. The maximum absolute atomic E-state index is 14.4. The van der Waals surface area contributed by atoms with Gasteiger partial charge in [-0.2, -0.15) is 0 Å². The Bertz CT molecular complexity index is 1610. The fourth-order valence-corrected chi connectivity index (χ4v) is 8.94. The van der Waals surface area contributed by atoms with Crippen molar-refractivity contribution in [2.45, 2.75) is 134 Å². The summed E-state index contributed by atoms with van der Waals surface area (Å²) in [7, 11) is -3.86. The van der Waals surface area contributed by atoms with E-state index in [1.807, 2.05) is 39.8 Å². The molecule has 1 saturated heterocycles. The molecule has 5 aliphatic rings. The summed E-state index contributed by atoms with van der Waals surface area (Å²) in [4.78, 5) is 58.5. The highest BCUT2D eigenvalue weighted by Gasteiger charge is 2.62. The van der Waals surface area contributed by atoms with E-state index < -0.39 is 74.6 Å². The summed E-state index contributed by atoms with van der Waals surface area (Å²) < 4.78 is 39.1. The summed E-state index contributed by atoms with van der Waals surface area (Å²) in [5.41, 5.74) is 1.16. The molecule has 0 aromatic heterocycles. The van der Waals surface area contributed by atoms with Crippen LogP contribution in [0, 0.1) is 11.3 Å². The van der Waals surface area contributed by atoms with E-state index in [0.717, 1.165) is 30.4 Å². The molecule has 2 saturated carbocycles. The van der Waals surface area contributed by atoms with Gasteiger partial charge >= 0.3 is 6.09 Å². The second-order valence-electron chi connectivity index (χ2n) is 15.6. The second-order valence-corrected chi connectivity index (χ2v) is 17.6. The quantitative estimate of drug-likeness (QED) is 0.340. The molecular weight excluding hydrogens is 666 g/mol. The minimum absolute atomic E-state index is 0.0276. The van der Waals surface area contributed by atoms with Crippen molar-refractivity contribution in [3.63, 3.8) is 0 Å². The minimum Gasteiger partial charge on any atom is -0.444 e. The molecule has 14 nitrogen and oxygen atoms in total. The van der Waals surface area contributed by atoms with E-state index in [0.29, 0.717) is 38.8 Å². The molecule has 1 aromatic carbocycles. The molecule has 50 heavy (non-hydrogen) atoms. The summed E-state index contributed by atoms with van der Waals surface area (Å²) in [6.07, 6.45) is 2.19. The first-order valence-electron chi connectivity index (χ1n) is 17.9. The fourth-order valence-electron chi connectivity index (χ4n) is 7.58. The normalized spacial score (nSPS) is 30.9. The Hall–Kier alpha value is -3.27. The number of nitrogens with one attached hydrogen (secondary N) is 3. The van der Waals surface area contributed by atoms with Crippen LogP contribution < -0.4 is 15.4 Å². The lowest BCUT2D eigenvalue weighted by molar-refractivity contribution is -0.155. The van der Waals surface area contributed by atoms with Crippen molar-refractivity contribution >= 4 is 33.8 Å². The van der Waals surface area contributed by atoms with Gasteiger partial charge in [-0.3, -0.25) is 29.3 Å². The maximum Gasteiger partial charge on any atom is 0.410 e. The second kappa shape index (κ2) is 14.0. The molecule has 0 radical (unpaired) electrons. The van der Waals surface area contributed by atoms with Crippen molar-refractivity contribution in [2.24, 2.45) is 11.3 Å². The lowest BCUT2D eigenvalue weighted by Gasteiger charge is -2.36. The molecule has 0 spiro atoms. The number of hydrogen-bond acceptors (Lipinski definition) is 10. The smallest absolute Gasteiger partial charge is 0.410 e. The third-order valence-corrected chi connectivity index (χ3v) is 12.6. The van der Waals surface area contributed by atoms with Crippen molar-refractivity contribution in [2.75, 3.05) is 13.2 Å². The average Bonchev–Trinajstić information content (AvgIpc) is 3.94. The van der Waals surface area contributed by atoms with E-state index in [1.165, 1.54) is 10.5 Å². The average molecular weight is 718 g/mol. The molecule has 4 bridgehead atoms. The van der Waals surface area contributed by atoms with Gasteiger partial charge in [-0.05, 0) is 66.5 Å². The predicted octanol–water partition coefficient (Wildman–Crippen LogP) is 2.02. The molecule has 4 N–H and O–H groups in total. The van der Waals surface area contributed by atoms with Gasteiger partial charge in [0.15, 0.2) is 0 Å². The number of sulfonamides is 1. The van der Waals surface area contributed by atoms with Gasteiger partial charge in [-0.25, -0.2) is 13.2 Å². The van der Waals surface area contributed by atoms with E-state index in [-0.39, 0.29) is 31.9 Å². The van der Waals surface area contributed by atoms with E-state index >= 15 is 0 Å². The van der Waals surface area contributed by atoms with E-state index in [4.69, 9.17) is 9.47 Å². The third kappa shape index (κ3) is 7.65. The van der Waals surface area contributed by atoms with Gasteiger partial charge in [0.25, 0.3) is 5.91 Å². The molecular formula is C35H51N5O9S. The van der Waals surface area contributed by atoms with Crippen molar-refractivity contribution in [3.05, 3.63) is 34.9 Å². The van der Waals surface area contributed by atoms with E-state index in [2.05, 4.69) is 21.4 Å². The first kappa shape index (κ1) is 36.5. The number of carbonyl (C=O) groups excluding carboxylic acids is 4. The molecule has 4 amide bonds. The molecule has 2 aliphatic carbocycles. The van der Waals surface area contributed by atoms with Crippen LogP contribution in [0.2, 0.25) is 0 Å². The van der Waals surface area contributed by atoms with E-state index in [1.54, 1.807) is 4.90 Å². The Morgan fingerprint density at radius 1 is 1.10 bits per heavy atom. The van der Waals surface area contributed by atoms with Gasteiger partial charge in [-0.1, -0.05) is 58.7 Å². The number of nitrogens with zero attached hydrogens (tertiary/aromatic N) is 2. The van der Waals surface area contributed by atoms with Crippen LogP contribution in [0.4, 0.5) is 4.79 Å². The van der Waals surface area contributed by atoms with Crippen LogP contribution in [-0.4, -0.2) is 95.7 Å². The number of hydrogen-bond donors (Lipinski definition) is 4. The largest absolute Gasteiger partial charge is 0.444 e. The molecule has 6 rings (SSSR count). The highest BCUT2D eigenvalue weighted by Crippen LogP contribution is 2.47. The Morgan fingerprint density at radius 2 is 1.84 bits per heavy atom. The molecule has 1 aromatic rings. The fraction of sp³-hybridized carbons (Fsp3) is 0.714. The van der Waals surface area contributed by atoms with Crippen LogP contribution in [0.1, 0.15) is 95.8 Å². The highest BCUT2D eigenvalue weighted by molar-refractivity contribution is 7.91. The third-order valence-electron chi connectivity index (χ3n) is 10.8. The van der Waals surface area contributed by atoms with Crippen LogP contribution in [0.25, 0.3) is 0 Å². The number of rotatable bonds is 6. The monoisotopic (exact) mass is 717 g/mol. The summed E-state index contributed by atoms with van der Waals surface area (Å²) >= 11 is 0. The first-order chi connectivity index (χ1) is 23.6. The van der Waals surface area contributed by atoms with Gasteiger partial charge in [0.2, 0.25) is 28.3 Å². The number of aliphatic hydroxyl groups is 1. The Labute approximate surface area is 294 Å². The molecule has 3 aliphatic heterocycles. The van der Waals surface area contributed by atoms with Crippen molar-refractivity contribution in [1.29, 1.82) is 0 Å². The number of ether oxygens (including phenoxy) is 2. The standard InChI is InChI=1S/C35H51N5O9S/c1-5-23-17-35(23,31(43)38-50(46,47)25-13-14-25)37-29(41)27-16-24-19-40(27)30(42)28(34(2,3)4)36-32(44)48-15-8-6-7-10-21-11-9-12-22-18-39(20-26(21)22)33(45)49-24/h9,11-12,23-25,27-28,32,36,44H,5-8,10,13-20H2,1-4H3,(H,37,41)(H,38,43)/t23-,24-,27+,28-,32?,35-/m1/s1. The zero-order chi connectivity index (χ0) is 36.0. The van der Waals surface area contributed by atoms with Crippen molar-refractivity contribution < 1.29 is 42.2 Å². The van der Waals surface area contributed by atoms with Gasteiger partial charge in [0.05, 0.1) is 24.4 Å². The van der Waals surface area contributed by atoms with Crippen LogP contribution in [0.3, 0.4) is 0 Å². The number of carbonyl (C=O) groups is 4. The van der Waals surface area contributed by atoms with Crippen molar-refractivity contribution in [3.8, 4) is 0 Å². The molecule has 15 heteroatoms. The molecule has 3 fully saturated rings. The van der Waals surface area contributed by atoms with Crippen LogP contribution in [-0.2, 0) is 53.4 Å². The predicted molar refractivity (Wildman–Crippen MR) is 181 cm³/mol. The number of amides is 4. The highest BCUT2D eigenvalue weighted by atomic mass is 32.2. The SMILES string of the molecule is CC[C@@H]1C[C@]1(NC(=O)[C@@H]1C[C@@H]2CN1C(=O)[C@H](C(C)(C)C)NC(O)OCCCCCc1cccc3c1CN(C3)C(=O)O2)C(=O)NS(=O)(=O)C1CC1. The van der Waals surface area contributed by atoms with Gasteiger partial charge in [-0.15, -0.1) is 0 Å². The van der Waals surface area contributed by atoms with Gasteiger partial charge < -0.3 is 24.8 Å². The number of aliphatic hydroxyl groups excluding tert-OH is 1. The number of benzene rings is 1. The van der Waals surface area contributed by atoms with E-state index in [9.17, 15) is 32.7 Å². The summed E-state index contributed by atoms with van der Waals surface area (Å²) in [6.45, 7) is 8.30. The lowest BCUT2D eigenvalue weighted by atomic mass is 9.85. The van der Waals surface area contributed by atoms with Crippen LogP contribution in [0.15, 0.2) is 18.2 Å². The summed E-state index contributed by atoms with van der Waals surface area (Å²) in [5.74, 6) is -2.21. The summed E-state index contributed by atoms with van der Waals surface area (Å²) in [5, 5.41) is 15.9. The zero-order valence-corrected chi connectivity index (χ0v) is 30.2. The van der Waals surface area contributed by atoms with Crippen molar-refractivity contribution in [1.82, 2.24) is 25.2 Å². The molecule has 6 atom stereocenters. The Balaban J connectivity index is 1.26. The summed E-state index contributed by atoms with van der Waals surface area (Å²) in [6, 6.07) is 3.94. The Morgan fingerprint density at radius 3 is 2.52 bits per heavy atom. The topological polar surface area (TPSA) is 184 Å². The van der Waals surface area contributed by atoms with Gasteiger partial charge in [0.1, 0.15) is 17.7 Å². The Kier molecular flexibility index (Phi) is 10.3. The minimum atomic E-state index is -3.86.